The highest BCUT2D eigenvalue weighted by molar-refractivity contribution is 5.51. The molecule has 2 aromatic rings. The first kappa shape index (κ1) is 15.3. The van der Waals surface area contributed by atoms with Crippen LogP contribution in [0.25, 0.3) is 0 Å². The van der Waals surface area contributed by atoms with Gasteiger partial charge in [-0.1, -0.05) is 24.3 Å². The maximum atomic E-state index is 13.6. The summed E-state index contributed by atoms with van der Waals surface area (Å²) in [4.78, 5) is 0. The number of rotatable bonds is 6. The Balaban J connectivity index is 1.85. The quantitative estimate of drug-likeness (QED) is 0.860. The van der Waals surface area contributed by atoms with Crippen molar-refractivity contribution in [3.63, 3.8) is 0 Å². The van der Waals surface area contributed by atoms with Gasteiger partial charge in [0.25, 0.3) is 0 Å². The van der Waals surface area contributed by atoms with Crippen molar-refractivity contribution in [1.29, 1.82) is 0 Å². The molecule has 0 aliphatic heterocycles. The lowest BCUT2D eigenvalue weighted by molar-refractivity contribution is 0.115. The van der Waals surface area contributed by atoms with Crippen molar-refractivity contribution in [2.75, 3.05) is 18.5 Å². The van der Waals surface area contributed by atoms with Crippen LogP contribution in [0.15, 0.2) is 42.5 Å². The average Bonchev–Trinajstić information content (AvgIpc) is 2.46. The minimum absolute atomic E-state index is 0.0819. The Hall–Kier alpha value is -2.14. The van der Waals surface area contributed by atoms with Gasteiger partial charge in [-0.15, -0.1) is 0 Å². The highest BCUT2D eigenvalue weighted by atomic mass is 19.1. The molecular weight excluding hydrogens is 276 g/mol. The molecule has 0 bridgehead atoms. The fourth-order valence-corrected chi connectivity index (χ4v) is 1.88. The summed E-state index contributed by atoms with van der Waals surface area (Å²) in [5.41, 5.74) is 1.10. The Kier molecular flexibility index (Phi) is 5.11. The second-order valence-electron chi connectivity index (χ2n) is 4.71. The lowest BCUT2D eigenvalue weighted by atomic mass is 10.2. The van der Waals surface area contributed by atoms with Crippen LogP contribution in [0.5, 0.6) is 5.75 Å². The van der Waals surface area contributed by atoms with Gasteiger partial charge in [-0.05, 0) is 30.7 Å². The predicted octanol–water partition coefficient (Wildman–Crippen LogP) is 3.13. The van der Waals surface area contributed by atoms with Crippen molar-refractivity contribution in [2.45, 2.75) is 13.0 Å². The maximum Gasteiger partial charge on any atom is 0.165 e. The second kappa shape index (κ2) is 7.04. The zero-order valence-corrected chi connectivity index (χ0v) is 11.6. The first-order valence-corrected chi connectivity index (χ1v) is 6.62. The normalized spacial score (nSPS) is 12.0. The second-order valence-corrected chi connectivity index (χ2v) is 4.71. The Bertz CT molecular complexity index is 584. The van der Waals surface area contributed by atoms with Gasteiger partial charge >= 0.3 is 0 Å². The summed E-state index contributed by atoms with van der Waals surface area (Å²) in [6, 6.07) is 10.7. The van der Waals surface area contributed by atoms with E-state index in [1.54, 1.807) is 31.2 Å². The average molecular weight is 293 g/mol. The van der Waals surface area contributed by atoms with Gasteiger partial charge in [0.2, 0.25) is 0 Å². The number of hydrogen-bond acceptors (Lipinski definition) is 3. The molecule has 5 heteroatoms. The topological polar surface area (TPSA) is 41.5 Å². The molecule has 112 valence electrons. The number of ether oxygens (including phenoxy) is 1. The number of nitrogens with one attached hydrogen (secondary N) is 1. The smallest absolute Gasteiger partial charge is 0.165 e. The van der Waals surface area contributed by atoms with Gasteiger partial charge in [0.05, 0.1) is 5.69 Å². The summed E-state index contributed by atoms with van der Waals surface area (Å²) in [6.45, 7) is 1.80. The molecule has 0 saturated heterocycles. The molecule has 0 spiro atoms. The molecule has 21 heavy (non-hydrogen) atoms. The van der Waals surface area contributed by atoms with Crippen LogP contribution in [0.3, 0.4) is 0 Å². The van der Waals surface area contributed by atoms with E-state index in [1.807, 2.05) is 0 Å². The van der Waals surface area contributed by atoms with Gasteiger partial charge in [0.1, 0.15) is 18.5 Å². The Morgan fingerprint density at radius 1 is 1.10 bits per heavy atom. The van der Waals surface area contributed by atoms with E-state index in [-0.39, 0.29) is 24.7 Å². The van der Waals surface area contributed by atoms with E-state index in [0.717, 1.165) is 5.56 Å². The number of hydrogen-bond donors (Lipinski definition) is 2. The zero-order valence-electron chi connectivity index (χ0n) is 11.6. The standard InChI is InChI=1S/C16H17F2NO2/c1-11-5-4-7-14(18)16(11)19-9-12(20)10-21-15-8-3-2-6-13(15)17/h2-8,12,19-20H,9-10H2,1H3. The maximum absolute atomic E-state index is 13.6. The fraction of sp³-hybridized carbons (Fsp3) is 0.250. The summed E-state index contributed by atoms with van der Waals surface area (Å²) < 4.78 is 32.1. The van der Waals surface area contributed by atoms with E-state index >= 15 is 0 Å². The van der Waals surface area contributed by atoms with Crippen molar-refractivity contribution >= 4 is 5.69 Å². The highest BCUT2D eigenvalue weighted by Crippen LogP contribution is 2.19. The molecular formula is C16H17F2NO2. The van der Waals surface area contributed by atoms with Gasteiger partial charge < -0.3 is 15.2 Å². The molecule has 0 fully saturated rings. The summed E-state index contributed by atoms with van der Waals surface area (Å²) in [5, 5.41) is 12.6. The first-order chi connectivity index (χ1) is 10.1. The van der Waals surface area contributed by atoms with Crippen LogP contribution < -0.4 is 10.1 Å². The Labute approximate surface area is 122 Å². The van der Waals surface area contributed by atoms with Crippen molar-refractivity contribution in [3.05, 3.63) is 59.7 Å². The molecule has 0 aromatic heterocycles. The van der Waals surface area contributed by atoms with Crippen LogP contribution >= 0.6 is 0 Å². The van der Waals surface area contributed by atoms with Gasteiger partial charge in [0, 0.05) is 6.54 Å². The van der Waals surface area contributed by atoms with Crippen LogP contribution in [0, 0.1) is 18.6 Å². The summed E-state index contributed by atoms with van der Waals surface area (Å²) in [6.07, 6.45) is -0.886. The monoisotopic (exact) mass is 293 g/mol. The first-order valence-electron chi connectivity index (χ1n) is 6.62. The molecule has 2 aromatic carbocycles. The Morgan fingerprint density at radius 2 is 1.81 bits per heavy atom. The summed E-state index contributed by atoms with van der Waals surface area (Å²) >= 11 is 0. The number of benzene rings is 2. The van der Waals surface area contributed by atoms with E-state index in [0.29, 0.717) is 5.69 Å². The minimum Gasteiger partial charge on any atom is -0.488 e. The van der Waals surface area contributed by atoms with Crippen molar-refractivity contribution in [1.82, 2.24) is 0 Å². The number of anilines is 1. The van der Waals surface area contributed by atoms with Crippen molar-refractivity contribution < 1.29 is 18.6 Å². The molecule has 0 aliphatic rings. The highest BCUT2D eigenvalue weighted by Gasteiger charge is 2.10. The van der Waals surface area contributed by atoms with Crippen LogP contribution in [0.4, 0.5) is 14.5 Å². The molecule has 1 unspecified atom stereocenters. The third-order valence-electron chi connectivity index (χ3n) is 3.00. The van der Waals surface area contributed by atoms with Gasteiger partial charge in [0.15, 0.2) is 11.6 Å². The molecule has 0 heterocycles. The molecule has 0 saturated carbocycles. The SMILES string of the molecule is Cc1cccc(F)c1NCC(O)COc1ccccc1F. The summed E-state index contributed by atoms with van der Waals surface area (Å²) in [7, 11) is 0. The molecule has 0 aliphatic carbocycles. The zero-order chi connectivity index (χ0) is 15.2. The largest absolute Gasteiger partial charge is 0.488 e. The van der Waals surface area contributed by atoms with Crippen LogP contribution in [-0.2, 0) is 0 Å². The third kappa shape index (κ3) is 4.16. The fourth-order valence-electron chi connectivity index (χ4n) is 1.88. The summed E-state index contributed by atoms with van der Waals surface area (Å²) in [5.74, 6) is -0.779. The lowest BCUT2D eigenvalue weighted by Gasteiger charge is -2.16. The van der Waals surface area contributed by atoms with Crippen molar-refractivity contribution in [3.8, 4) is 5.75 Å². The van der Waals surface area contributed by atoms with Crippen molar-refractivity contribution in [2.24, 2.45) is 0 Å². The Morgan fingerprint density at radius 3 is 2.52 bits per heavy atom. The van der Waals surface area contributed by atoms with E-state index in [2.05, 4.69) is 5.32 Å². The number of halogens is 2. The number of aryl methyl sites for hydroxylation is 1. The number of aliphatic hydroxyl groups is 1. The molecule has 2 rings (SSSR count). The van der Waals surface area contributed by atoms with Crippen LogP contribution in [0.1, 0.15) is 5.56 Å². The van der Waals surface area contributed by atoms with E-state index < -0.39 is 11.9 Å². The molecule has 3 nitrogen and oxygen atoms in total. The molecule has 2 N–H and O–H groups in total. The van der Waals surface area contributed by atoms with Gasteiger partial charge in [-0.25, -0.2) is 8.78 Å². The van der Waals surface area contributed by atoms with E-state index in [1.165, 1.54) is 18.2 Å². The predicted molar refractivity (Wildman–Crippen MR) is 77.5 cm³/mol. The van der Waals surface area contributed by atoms with E-state index in [9.17, 15) is 13.9 Å². The van der Waals surface area contributed by atoms with E-state index in [4.69, 9.17) is 4.74 Å². The number of para-hydroxylation sites is 2. The minimum atomic E-state index is -0.886. The third-order valence-corrected chi connectivity index (χ3v) is 3.00. The van der Waals surface area contributed by atoms with Gasteiger partial charge in [-0.3, -0.25) is 0 Å². The lowest BCUT2D eigenvalue weighted by Crippen LogP contribution is -2.27. The number of aliphatic hydroxyl groups excluding tert-OH is 1. The molecule has 0 radical (unpaired) electrons. The molecule has 1 atom stereocenters. The van der Waals surface area contributed by atoms with Crippen LogP contribution in [-0.4, -0.2) is 24.4 Å². The van der Waals surface area contributed by atoms with Crippen LogP contribution in [0.2, 0.25) is 0 Å². The van der Waals surface area contributed by atoms with Gasteiger partial charge in [-0.2, -0.15) is 0 Å². The molecule has 0 amide bonds.